The number of carbonyl (C=O) groups is 1. The summed E-state index contributed by atoms with van der Waals surface area (Å²) in [6.45, 7) is 14.2. The molecule has 0 radical (unpaired) electrons. The van der Waals surface area contributed by atoms with E-state index in [1.54, 1.807) is 4.90 Å². The maximum atomic E-state index is 12.2. The first-order valence-corrected chi connectivity index (χ1v) is 6.91. The zero-order chi connectivity index (χ0) is 14.2. The first-order chi connectivity index (χ1) is 8.67. The van der Waals surface area contributed by atoms with Crippen LogP contribution in [0.3, 0.4) is 0 Å². The molecule has 1 N–H and O–H groups in total. The van der Waals surface area contributed by atoms with Crippen molar-refractivity contribution in [3.8, 4) is 0 Å². The number of nitrogens with zero attached hydrogens (tertiary/aromatic N) is 1. The molecule has 0 aromatic heterocycles. The molecule has 1 amide bonds. The highest BCUT2D eigenvalue weighted by atomic mass is 19.1. The first kappa shape index (κ1) is 17.1. The molecule has 2 fully saturated rings. The van der Waals surface area contributed by atoms with Crippen molar-refractivity contribution in [2.24, 2.45) is 5.41 Å². The van der Waals surface area contributed by atoms with Gasteiger partial charge in [-0.1, -0.05) is 34.3 Å². The Morgan fingerprint density at radius 2 is 1.89 bits per heavy atom. The number of likely N-dealkylation sites (tertiary alicyclic amines) is 1. The first-order valence-electron chi connectivity index (χ1n) is 6.91. The molecule has 0 aromatic carbocycles. The smallest absolute Gasteiger partial charge is 0.251 e. The normalized spacial score (nSPS) is 19.1. The van der Waals surface area contributed by atoms with E-state index in [4.69, 9.17) is 0 Å². The van der Waals surface area contributed by atoms with Gasteiger partial charge in [-0.2, -0.15) is 0 Å². The van der Waals surface area contributed by atoms with Crippen molar-refractivity contribution in [3.05, 3.63) is 12.2 Å². The molecule has 18 heavy (non-hydrogen) atoms. The second-order valence-electron chi connectivity index (χ2n) is 4.33. The number of hydrogen-bond donors (Lipinski definition) is 1. The summed E-state index contributed by atoms with van der Waals surface area (Å²) < 4.78 is 12.2. The summed E-state index contributed by atoms with van der Waals surface area (Å²) in [5.74, 6) is -0.218. The number of halogens is 1. The largest absolute Gasteiger partial charge is 0.338 e. The summed E-state index contributed by atoms with van der Waals surface area (Å²) in [6.07, 6.45) is 1.12. The molecule has 106 valence electrons. The molecule has 0 atom stereocenters. The molecule has 0 bridgehead atoms. The second-order valence-corrected chi connectivity index (χ2v) is 4.33. The van der Waals surface area contributed by atoms with Gasteiger partial charge in [-0.3, -0.25) is 4.79 Å². The summed E-state index contributed by atoms with van der Waals surface area (Å²) in [7, 11) is 0. The lowest BCUT2D eigenvalue weighted by Crippen LogP contribution is -2.59. The predicted octanol–water partition coefficient (Wildman–Crippen LogP) is 2.39. The molecule has 0 saturated carbocycles. The molecule has 2 saturated heterocycles. The quantitative estimate of drug-likeness (QED) is 0.771. The summed E-state index contributed by atoms with van der Waals surface area (Å²) in [5.41, 5.74) is 0.359. The van der Waals surface area contributed by atoms with Gasteiger partial charge in [0.2, 0.25) is 0 Å². The van der Waals surface area contributed by atoms with Crippen molar-refractivity contribution in [2.45, 2.75) is 34.1 Å². The van der Waals surface area contributed by atoms with Gasteiger partial charge < -0.3 is 10.2 Å². The highest BCUT2D eigenvalue weighted by molar-refractivity contribution is 5.93. The summed E-state index contributed by atoms with van der Waals surface area (Å²) >= 11 is 0. The van der Waals surface area contributed by atoms with Crippen molar-refractivity contribution < 1.29 is 9.18 Å². The Hall–Kier alpha value is -0.900. The highest BCUT2D eigenvalue weighted by Gasteiger charge is 2.46. The van der Waals surface area contributed by atoms with Crippen molar-refractivity contribution in [1.82, 2.24) is 10.2 Å². The third kappa shape index (κ3) is 3.80. The number of rotatable bonds is 2. The van der Waals surface area contributed by atoms with Gasteiger partial charge in [0, 0.05) is 30.6 Å². The van der Waals surface area contributed by atoms with E-state index in [-0.39, 0.29) is 16.9 Å². The lowest BCUT2D eigenvalue weighted by Gasteiger charge is -2.47. The molecule has 2 heterocycles. The summed E-state index contributed by atoms with van der Waals surface area (Å²) in [6, 6.07) is 0. The molecule has 4 heteroatoms. The Bertz CT molecular complexity index is 265. The Morgan fingerprint density at radius 3 is 2.28 bits per heavy atom. The fourth-order valence-corrected chi connectivity index (χ4v) is 2.25. The molecule has 1 spiro atoms. The monoisotopic (exact) mass is 258 g/mol. The van der Waals surface area contributed by atoms with Gasteiger partial charge in [0.15, 0.2) is 0 Å². The van der Waals surface area contributed by atoms with Gasteiger partial charge in [0.1, 0.15) is 6.67 Å². The highest BCUT2D eigenvalue weighted by Crippen LogP contribution is 2.36. The van der Waals surface area contributed by atoms with Crippen molar-refractivity contribution >= 4 is 5.91 Å². The van der Waals surface area contributed by atoms with Crippen LogP contribution in [0.4, 0.5) is 4.39 Å². The Labute approximate surface area is 110 Å². The van der Waals surface area contributed by atoms with Gasteiger partial charge in [0.25, 0.3) is 5.91 Å². The van der Waals surface area contributed by atoms with Gasteiger partial charge in [-0.05, 0) is 13.0 Å². The van der Waals surface area contributed by atoms with Gasteiger partial charge in [0.05, 0.1) is 0 Å². The third-order valence-corrected chi connectivity index (χ3v) is 3.14. The fourth-order valence-electron chi connectivity index (χ4n) is 2.25. The Balaban J connectivity index is 0.000000659. The zero-order valence-corrected chi connectivity index (χ0v) is 12.2. The number of hydrogen-bond acceptors (Lipinski definition) is 2. The van der Waals surface area contributed by atoms with Crippen LogP contribution < -0.4 is 5.32 Å². The van der Waals surface area contributed by atoms with E-state index in [1.165, 1.54) is 0 Å². The molecule has 0 aromatic rings. The zero-order valence-electron chi connectivity index (χ0n) is 12.2. The Morgan fingerprint density at radius 1 is 1.33 bits per heavy atom. The minimum atomic E-state index is -0.736. The molecule has 0 aliphatic carbocycles. The SMILES string of the molecule is C=C(CF)C(=O)N1CC2(CCNC2)C1.CC.CC. The standard InChI is InChI=1S/C10H15FN2O.2C2H6/c1-8(4-11)9(14)13-6-10(7-13)2-3-12-5-10;2*1-2/h12H,1-7H2;2*1-2H3. The van der Waals surface area contributed by atoms with Crippen molar-refractivity contribution in [3.63, 3.8) is 0 Å². The number of nitrogens with one attached hydrogen (secondary N) is 1. The predicted molar refractivity (Wildman–Crippen MR) is 74.3 cm³/mol. The van der Waals surface area contributed by atoms with Crippen LogP contribution in [-0.4, -0.2) is 43.7 Å². The molecule has 2 aliphatic heterocycles. The van der Waals surface area contributed by atoms with Gasteiger partial charge in [-0.15, -0.1) is 0 Å². The van der Waals surface area contributed by atoms with Crippen LogP contribution in [0.2, 0.25) is 0 Å². The van der Waals surface area contributed by atoms with Crippen LogP contribution in [0.25, 0.3) is 0 Å². The number of carbonyl (C=O) groups excluding carboxylic acids is 1. The summed E-state index contributed by atoms with van der Waals surface area (Å²) in [5, 5.41) is 3.28. The topological polar surface area (TPSA) is 32.3 Å². The minimum absolute atomic E-state index is 0.0748. The van der Waals surface area contributed by atoms with E-state index in [1.807, 2.05) is 27.7 Å². The van der Waals surface area contributed by atoms with E-state index in [2.05, 4.69) is 11.9 Å². The fraction of sp³-hybridized carbons (Fsp3) is 0.786. The van der Waals surface area contributed by atoms with Crippen LogP contribution >= 0.6 is 0 Å². The van der Waals surface area contributed by atoms with Crippen LogP contribution in [-0.2, 0) is 4.79 Å². The van der Waals surface area contributed by atoms with Crippen LogP contribution in [0.5, 0.6) is 0 Å². The second kappa shape index (κ2) is 8.25. The maximum Gasteiger partial charge on any atom is 0.251 e. The average molecular weight is 258 g/mol. The number of alkyl halides is 1. The van der Waals surface area contributed by atoms with Crippen LogP contribution in [0.1, 0.15) is 34.1 Å². The van der Waals surface area contributed by atoms with E-state index >= 15 is 0 Å². The van der Waals surface area contributed by atoms with Crippen molar-refractivity contribution in [1.29, 1.82) is 0 Å². The molecule has 2 aliphatic rings. The molecule has 2 rings (SSSR count). The molecule has 3 nitrogen and oxygen atoms in total. The number of amides is 1. The van der Waals surface area contributed by atoms with E-state index < -0.39 is 6.67 Å². The third-order valence-electron chi connectivity index (χ3n) is 3.14. The summed E-state index contributed by atoms with van der Waals surface area (Å²) in [4.78, 5) is 13.2. The lowest BCUT2D eigenvalue weighted by atomic mass is 9.79. The van der Waals surface area contributed by atoms with Crippen LogP contribution in [0.15, 0.2) is 12.2 Å². The lowest BCUT2D eigenvalue weighted by molar-refractivity contribution is -0.138. The molecular weight excluding hydrogens is 231 g/mol. The van der Waals surface area contributed by atoms with Gasteiger partial charge >= 0.3 is 0 Å². The van der Waals surface area contributed by atoms with Crippen molar-refractivity contribution in [2.75, 3.05) is 32.9 Å². The Kier molecular flexibility index (Phi) is 7.83. The molecular formula is C14H27FN2O. The van der Waals surface area contributed by atoms with E-state index in [9.17, 15) is 9.18 Å². The van der Waals surface area contributed by atoms with Gasteiger partial charge in [-0.25, -0.2) is 4.39 Å². The maximum absolute atomic E-state index is 12.2. The van der Waals surface area contributed by atoms with E-state index in [0.717, 1.165) is 32.6 Å². The molecule has 0 unspecified atom stereocenters. The minimum Gasteiger partial charge on any atom is -0.338 e. The van der Waals surface area contributed by atoms with E-state index in [0.29, 0.717) is 0 Å². The van der Waals surface area contributed by atoms with Crippen LogP contribution in [0, 0.1) is 5.41 Å². The average Bonchev–Trinajstić information content (AvgIpc) is 2.89.